The first kappa shape index (κ1) is 9.41. The van der Waals surface area contributed by atoms with E-state index in [2.05, 4.69) is 21.0 Å². The van der Waals surface area contributed by atoms with Gasteiger partial charge < -0.3 is 9.90 Å². The van der Waals surface area contributed by atoms with Gasteiger partial charge in [0.25, 0.3) is 0 Å². The molecule has 0 aliphatic carbocycles. The summed E-state index contributed by atoms with van der Waals surface area (Å²) < 4.78 is 2.23. The predicted molar refractivity (Wildman–Crippen MR) is 46.6 cm³/mol. The van der Waals surface area contributed by atoms with Gasteiger partial charge in [0.2, 0.25) is 0 Å². The van der Waals surface area contributed by atoms with Crippen molar-refractivity contribution in [2.24, 2.45) is 0 Å². The van der Waals surface area contributed by atoms with E-state index in [9.17, 15) is 9.90 Å². The lowest BCUT2D eigenvalue weighted by atomic mass is 10.3. The smallest absolute Gasteiger partial charge is 0.154 e. The Morgan fingerprint density at radius 3 is 3.08 bits per heavy atom. The zero-order valence-corrected chi connectivity index (χ0v) is 8.15. The van der Waals surface area contributed by atoms with Crippen LogP contribution in [-0.2, 0) is 11.3 Å². The van der Waals surface area contributed by atoms with E-state index in [0.717, 1.165) is 0 Å². The summed E-state index contributed by atoms with van der Waals surface area (Å²) in [6.45, 7) is 2.52. The SMILES string of the molecule is CCn1ncc(Br)c1C(O)C=O. The van der Waals surface area contributed by atoms with Gasteiger partial charge in [-0.2, -0.15) is 5.10 Å². The fourth-order valence-corrected chi connectivity index (χ4v) is 1.51. The van der Waals surface area contributed by atoms with Crippen LogP contribution in [0.4, 0.5) is 0 Å². The highest BCUT2D eigenvalue weighted by Gasteiger charge is 2.15. The van der Waals surface area contributed by atoms with Gasteiger partial charge in [-0.1, -0.05) is 0 Å². The molecule has 0 saturated carbocycles. The normalized spacial score (nSPS) is 12.9. The van der Waals surface area contributed by atoms with Gasteiger partial charge in [-0.15, -0.1) is 0 Å². The second kappa shape index (κ2) is 3.82. The number of rotatable bonds is 3. The minimum atomic E-state index is -1.10. The lowest BCUT2D eigenvalue weighted by Crippen LogP contribution is -2.09. The first-order valence-corrected chi connectivity index (χ1v) is 4.34. The summed E-state index contributed by atoms with van der Waals surface area (Å²) in [5.41, 5.74) is 0.507. The summed E-state index contributed by atoms with van der Waals surface area (Å²) in [6, 6.07) is 0. The first-order valence-electron chi connectivity index (χ1n) is 3.55. The number of nitrogens with zero attached hydrogens (tertiary/aromatic N) is 2. The molecular weight excluding hydrogens is 224 g/mol. The number of hydrogen-bond acceptors (Lipinski definition) is 3. The number of carbonyl (C=O) groups is 1. The van der Waals surface area contributed by atoms with Crippen molar-refractivity contribution in [2.45, 2.75) is 19.6 Å². The van der Waals surface area contributed by atoms with Crippen LogP contribution >= 0.6 is 15.9 Å². The number of aryl methyl sites for hydroxylation is 1. The third-order valence-electron chi connectivity index (χ3n) is 1.54. The third kappa shape index (κ3) is 1.56. The Hall–Kier alpha value is -0.680. The molecule has 12 heavy (non-hydrogen) atoms. The van der Waals surface area contributed by atoms with Crippen LogP contribution in [0, 0.1) is 0 Å². The number of halogens is 1. The molecule has 4 nitrogen and oxygen atoms in total. The van der Waals surface area contributed by atoms with Crippen molar-refractivity contribution < 1.29 is 9.90 Å². The zero-order chi connectivity index (χ0) is 9.14. The molecule has 1 atom stereocenters. The third-order valence-corrected chi connectivity index (χ3v) is 2.15. The Kier molecular flexibility index (Phi) is 2.99. The van der Waals surface area contributed by atoms with Crippen molar-refractivity contribution in [3.8, 4) is 0 Å². The summed E-state index contributed by atoms with van der Waals surface area (Å²) in [7, 11) is 0. The van der Waals surface area contributed by atoms with Crippen LogP contribution in [0.15, 0.2) is 10.7 Å². The van der Waals surface area contributed by atoms with E-state index >= 15 is 0 Å². The maximum absolute atomic E-state index is 10.3. The molecule has 0 bridgehead atoms. The fraction of sp³-hybridized carbons (Fsp3) is 0.429. The van der Waals surface area contributed by atoms with E-state index in [1.807, 2.05) is 6.92 Å². The van der Waals surface area contributed by atoms with Crippen LogP contribution < -0.4 is 0 Å². The quantitative estimate of drug-likeness (QED) is 0.789. The van der Waals surface area contributed by atoms with Crippen LogP contribution in [0.2, 0.25) is 0 Å². The molecule has 0 fully saturated rings. The molecule has 0 spiro atoms. The molecule has 1 heterocycles. The number of aldehydes is 1. The molecule has 0 radical (unpaired) electrons. The lowest BCUT2D eigenvalue weighted by molar-refractivity contribution is -0.115. The molecule has 66 valence electrons. The molecule has 1 rings (SSSR count). The Morgan fingerprint density at radius 1 is 1.92 bits per heavy atom. The Bertz CT molecular complexity index is 285. The summed E-state index contributed by atoms with van der Waals surface area (Å²) >= 11 is 3.20. The number of carbonyl (C=O) groups excluding carboxylic acids is 1. The van der Waals surface area contributed by atoms with Crippen molar-refractivity contribution in [2.75, 3.05) is 0 Å². The maximum Gasteiger partial charge on any atom is 0.154 e. The highest BCUT2D eigenvalue weighted by atomic mass is 79.9. The number of aromatic nitrogens is 2. The second-order valence-corrected chi connectivity index (χ2v) is 3.13. The van der Waals surface area contributed by atoms with E-state index in [1.54, 1.807) is 10.9 Å². The highest BCUT2D eigenvalue weighted by Crippen LogP contribution is 2.21. The molecule has 1 unspecified atom stereocenters. The average molecular weight is 233 g/mol. The monoisotopic (exact) mass is 232 g/mol. The van der Waals surface area contributed by atoms with Gasteiger partial charge in [0.05, 0.1) is 16.4 Å². The van der Waals surface area contributed by atoms with Crippen molar-refractivity contribution in [1.82, 2.24) is 9.78 Å². The second-order valence-electron chi connectivity index (χ2n) is 2.27. The lowest BCUT2D eigenvalue weighted by Gasteiger charge is -2.06. The molecule has 0 aromatic carbocycles. The number of aliphatic hydroxyl groups excluding tert-OH is 1. The molecule has 5 heteroatoms. The summed E-state index contributed by atoms with van der Waals surface area (Å²) in [5.74, 6) is 0. The molecule has 0 aliphatic heterocycles. The van der Waals surface area contributed by atoms with Gasteiger partial charge in [-0.25, -0.2) is 0 Å². The zero-order valence-electron chi connectivity index (χ0n) is 6.57. The van der Waals surface area contributed by atoms with Crippen LogP contribution in [-0.4, -0.2) is 21.2 Å². The predicted octanol–water partition coefficient (Wildman–Crippen LogP) is 0.898. The number of aliphatic hydroxyl groups is 1. The van der Waals surface area contributed by atoms with Gasteiger partial charge in [-0.05, 0) is 22.9 Å². The van der Waals surface area contributed by atoms with E-state index in [1.165, 1.54) is 0 Å². The van der Waals surface area contributed by atoms with Crippen molar-refractivity contribution >= 4 is 22.2 Å². The standard InChI is InChI=1S/C7H9BrN2O2/c1-2-10-7(6(12)4-11)5(8)3-9-10/h3-4,6,12H,2H2,1H3. The van der Waals surface area contributed by atoms with Gasteiger partial charge in [0, 0.05) is 6.54 Å². The molecular formula is C7H9BrN2O2. The van der Waals surface area contributed by atoms with Crippen LogP contribution in [0.3, 0.4) is 0 Å². The Balaban J connectivity index is 3.09. The van der Waals surface area contributed by atoms with Gasteiger partial charge in [0.1, 0.15) is 0 Å². The van der Waals surface area contributed by atoms with E-state index in [4.69, 9.17) is 0 Å². The minimum absolute atomic E-state index is 0.480. The van der Waals surface area contributed by atoms with E-state index in [-0.39, 0.29) is 0 Å². The minimum Gasteiger partial charge on any atom is -0.379 e. The topological polar surface area (TPSA) is 55.1 Å². The van der Waals surface area contributed by atoms with E-state index in [0.29, 0.717) is 23.0 Å². The number of hydrogen-bond donors (Lipinski definition) is 1. The maximum atomic E-state index is 10.3. The Labute approximate surface area is 78.3 Å². The Morgan fingerprint density at radius 2 is 2.58 bits per heavy atom. The molecule has 0 aliphatic rings. The van der Waals surface area contributed by atoms with Gasteiger partial charge in [-0.3, -0.25) is 4.68 Å². The molecule has 1 N–H and O–H groups in total. The summed E-state index contributed by atoms with van der Waals surface area (Å²) in [5, 5.41) is 13.2. The molecule has 0 amide bonds. The van der Waals surface area contributed by atoms with Gasteiger partial charge >= 0.3 is 0 Å². The highest BCUT2D eigenvalue weighted by molar-refractivity contribution is 9.10. The van der Waals surface area contributed by atoms with Crippen molar-refractivity contribution in [3.63, 3.8) is 0 Å². The summed E-state index contributed by atoms with van der Waals surface area (Å²) in [4.78, 5) is 10.3. The van der Waals surface area contributed by atoms with Crippen LogP contribution in [0.5, 0.6) is 0 Å². The van der Waals surface area contributed by atoms with E-state index < -0.39 is 6.10 Å². The summed E-state index contributed by atoms with van der Waals surface area (Å²) in [6.07, 6.45) is 0.946. The average Bonchev–Trinajstić information content (AvgIpc) is 2.45. The molecule has 0 saturated heterocycles. The van der Waals surface area contributed by atoms with Crippen LogP contribution in [0.1, 0.15) is 18.7 Å². The first-order chi connectivity index (χ1) is 5.70. The fourth-order valence-electron chi connectivity index (χ4n) is 0.982. The van der Waals surface area contributed by atoms with Gasteiger partial charge in [0.15, 0.2) is 12.4 Å². The van der Waals surface area contributed by atoms with Crippen molar-refractivity contribution in [1.29, 1.82) is 0 Å². The molecule has 1 aromatic rings. The van der Waals surface area contributed by atoms with Crippen LogP contribution in [0.25, 0.3) is 0 Å². The van der Waals surface area contributed by atoms with Crippen molar-refractivity contribution in [3.05, 3.63) is 16.4 Å². The molecule has 1 aromatic heterocycles. The largest absolute Gasteiger partial charge is 0.379 e.